The lowest BCUT2D eigenvalue weighted by Crippen LogP contribution is -2.23. The van der Waals surface area contributed by atoms with E-state index >= 15 is 0 Å². The Bertz CT molecular complexity index is 939. The molecule has 1 aliphatic heterocycles. The van der Waals surface area contributed by atoms with Gasteiger partial charge in [-0.15, -0.1) is 5.10 Å². The lowest BCUT2D eigenvalue weighted by Gasteiger charge is -2.14. The van der Waals surface area contributed by atoms with Crippen LogP contribution >= 0.6 is 15.9 Å². The Balaban J connectivity index is 1.84. The van der Waals surface area contributed by atoms with Gasteiger partial charge in [-0.25, -0.2) is 4.68 Å². The second-order valence-corrected chi connectivity index (χ2v) is 6.74. The summed E-state index contributed by atoms with van der Waals surface area (Å²) in [6.07, 6.45) is 4.01. The molecule has 1 saturated heterocycles. The quantitative estimate of drug-likeness (QED) is 0.749. The molecule has 2 aromatic heterocycles. The van der Waals surface area contributed by atoms with Crippen LogP contribution in [-0.4, -0.2) is 32.8 Å². The van der Waals surface area contributed by atoms with Crippen LogP contribution in [0.5, 0.6) is 0 Å². The number of nitrogens with one attached hydrogen (secondary N) is 1. The smallest absolute Gasteiger partial charge is 0.263 e. The molecular formula is C16H16BrN5O. The van der Waals surface area contributed by atoms with E-state index in [0.29, 0.717) is 17.0 Å². The molecule has 3 aromatic rings. The van der Waals surface area contributed by atoms with Crippen molar-refractivity contribution in [2.45, 2.75) is 19.8 Å². The molecule has 0 bridgehead atoms. The molecule has 0 saturated carbocycles. The van der Waals surface area contributed by atoms with Gasteiger partial charge in [0.05, 0.1) is 5.69 Å². The number of nitrogens with zero attached hydrogens (tertiary/aromatic N) is 4. The normalized spacial score (nSPS) is 14.8. The molecule has 23 heavy (non-hydrogen) atoms. The Labute approximate surface area is 141 Å². The van der Waals surface area contributed by atoms with E-state index in [1.165, 1.54) is 0 Å². The van der Waals surface area contributed by atoms with Crippen molar-refractivity contribution in [3.63, 3.8) is 0 Å². The number of fused-ring (bicyclic) bond motifs is 1. The highest BCUT2D eigenvalue weighted by molar-refractivity contribution is 9.10. The molecular weight excluding hydrogens is 358 g/mol. The van der Waals surface area contributed by atoms with E-state index in [1.807, 2.05) is 25.1 Å². The highest BCUT2D eigenvalue weighted by Gasteiger charge is 2.17. The summed E-state index contributed by atoms with van der Waals surface area (Å²) in [6, 6.07) is 5.96. The number of rotatable bonds is 2. The van der Waals surface area contributed by atoms with Gasteiger partial charge in [0, 0.05) is 23.8 Å². The molecule has 0 unspecified atom stereocenters. The monoisotopic (exact) mass is 373 g/mol. The number of hydrogen-bond acceptors (Lipinski definition) is 4. The van der Waals surface area contributed by atoms with Gasteiger partial charge in [0.2, 0.25) is 5.95 Å². The second-order valence-electron chi connectivity index (χ2n) is 5.83. The first-order valence-electron chi connectivity index (χ1n) is 7.63. The molecule has 1 N–H and O–H groups in total. The minimum absolute atomic E-state index is 0.141. The third kappa shape index (κ3) is 2.55. The summed E-state index contributed by atoms with van der Waals surface area (Å²) in [6.45, 7) is 3.88. The van der Waals surface area contributed by atoms with E-state index in [-0.39, 0.29) is 5.56 Å². The molecule has 118 valence electrons. The van der Waals surface area contributed by atoms with Crippen LogP contribution in [0.1, 0.15) is 18.4 Å². The highest BCUT2D eigenvalue weighted by atomic mass is 79.9. The maximum absolute atomic E-state index is 12.4. The van der Waals surface area contributed by atoms with Gasteiger partial charge in [-0.3, -0.25) is 9.78 Å². The van der Waals surface area contributed by atoms with Crippen LogP contribution in [0, 0.1) is 6.92 Å². The predicted octanol–water partition coefficient (Wildman–Crippen LogP) is 2.78. The number of aromatic amines is 1. The molecule has 0 radical (unpaired) electrons. The molecule has 1 aromatic carbocycles. The van der Waals surface area contributed by atoms with Crippen LogP contribution in [-0.2, 0) is 0 Å². The van der Waals surface area contributed by atoms with Gasteiger partial charge in [-0.1, -0.05) is 15.9 Å². The summed E-state index contributed by atoms with van der Waals surface area (Å²) in [4.78, 5) is 21.9. The molecule has 1 aliphatic rings. The van der Waals surface area contributed by atoms with Crippen LogP contribution in [0.3, 0.4) is 0 Å². The average molecular weight is 374 g/mol. The minimum atomic E-state index is -0.141. The van der Waals surface area contributed by atoms with Crippen LogP contribution in [0.2, 0.25) is 0 Å². The zero-order valence-corrected chi connectivity index (χ0v) is 14.3. The van der Waals surface area contributed by atoms with Gasteiger partial charge in [-0.05, 0) is 43.5 Å². The Morgan fingerprint density at radius 1 is 1.26 bits per heavy atom. The van der Waals surface area contributed by atoms with Crippen molar-refractivity contribution in [3.8, 4) is 5.69 Å². The number of benzene rings is 1. The van der Waals surface area contributed by atoms with Crippen molar-refractivity contribution < 1.29 is 0 Å². The van der Waals surface area contributed by atoms with Gasteiger partial charge in [0.25, 0.3) is 5.56 Å². The average Bonchev–Trinajstić information content (AvgIpc) is 3.16. The number of aromatic nitrogens is 4. The summed E-state index contributed by atoms with van der Waals surface area (Å²) >= 11 is 3.46. The molecule has 3 heterocycles. The molecule has 6 nitrogen and oxygen atoms in total. The molecule has 0 amide bonds. The maximum Gasteiger partial charge on any atom is 0.263 e. The summed E-state index contributed by atoms with van der Waals surface area (Å²) in [5.41, 5.74) is 2.35. The SMILES string of the molecule is Cc1cc(Br)ccc1-n1cc2c(=O)[nH]c(N3CCCC3)nc2n1. The molecule has 0 spiro atoms. The zero-order chi connectivity index (χ0) is 16.0. The van der Waals surface area contributed by atoms with Gasteiger partial charge in [-0.2, -0.15) is 4.98 Å². The van der Waals surface area contributed by atoms with Crippen molar-refractivity contribution in [1.29, 1.82) is 0 Å². The fraction of sp³-hybridized carbons (Fsp3) is 0.312. The number of halogens is 1. The van der Waals surface area contributed by atoms with Crippen molar-refractivity contribution in [2.24, 2.45) is 0 Å². The van der Waals surface area contributed by atoms with E-state index in [2.05, 4.69) is 35.9 Å². The van der Waals surface area contributed by atoms with Crippen molar-refractivity contribution >= 4 is 32.9 Å². The number of hydrogen-bond donors (Lipinski definition) is 1. The molecule has 1 fully saturated rings. The minimum Gasteiger partial charge on any atom is -0.342 e. The van der Waals surface area contributed by atoms with E-state index in [4.69, 9.17) is 0 Å². The topological polar surface area (TPSA) is 66.8 Å². The lowest BCUT2D eigenvalue weighted by atomic mass is 10.2. The summed E-state index contributed by atoms with van der Waals surface area (Å²) in [7, 11) is 0. The van der Waals surface area contributed by atoms with Crippen molar-refractivity contribution in [2.75, 3.05) is 18.0 Å². The first-order valence-corrected chi connectivity index (χ1v) is 8.42. The Kier molecular flexibility index (Phi) is 3.45. The van der Waals surface area contributed by atoms with E-state index in [0.717, 1.165) is 41.7 Å². The zero-order valence-electron chi connectivity index (χ0n) is 12.7. The number of H-pyrrole nitrogens is 1. The molecule has 4 rings (SSSR count). The molecule has 0 atom stereocenters. The molecule has 7 heteroatoms. The maximum atomic E-state index is 12.4. The Hall–Kier alpha value is -2.15. The summed E-state index contributed by atoms with van der Waals surface area (Å²) in [5, 5.41) is 5.02. The Morgan fingerprint density at radius 2 is 2.04 bits per heavy atom. The number of anilines is 1. The highest BCUT2D eigenvalue weighted by Crippen LogP contribution is 2.21. The standard InChI is InChI=1S/C16H16BrN5O/c1-10-8-11(17)4-5-13(10)22-9-12-14(20-22)18-16(19-15(12)23)21-6-2-3-7-21/h4-5,8-9H,2-3,6-7H2,1H3,(H,18,19,20,23). The van der Waals surface area contributed by atoms with Crippen LogP contribution in [0.15, 0.2) is 33.7 Å². The van der Waals surface area contributed by atoms with Crippen LogP contribution in [0.4, 0.5) is 5.95 Å². The predicted molar refractivity (Wildman–Crippen MR) is 93.4 cm³/mol. The lowest BCUT2D eigenvalue weighted by molar-refractivity contribution is 0.870. The van der Waals surface area contributed by atoms with E-state index < -0.39 is 0 Å². The van der Waals surface area contributed by atoms with Gasteiger partial charge in [0.1, 0.15) is 5.39 Å². The molecule has 0 aliphatic carbocycles. The van der Waals surface area contributed by atoms with Gasteiger partial charge >= 0.3 is 0 Å². The first kappa shape index (κ1) is 14.4. The number of aryl methyl sites for hydroxylation is 1. The fourth-order valence-corrected chi connectivity index (χ4v) is 3.46. The largest absolute Gasteiger partial charge is 0.342 e. The first-order chi connectivity index (χ1) is 11.1. The van der Waals surface area contributed by atoms with Crippen molar-refractivity contribution in [3.05, 3.63) is 44.8 Å². The van der Waals surface area contributed by atoms with Crippen LogP contribution in [0.25, 0.3) is 16.7 Å². The van der Waals surface area contributed by atoms with Crippen LogP contribution < -0.4 is 10.5 Å². The Morgan fingerprint density at radius 3 is 2.78 bits per heavy atom. The summed E-state index contributed by atoms with van der Waals surface area (Å²) < 4.78 is 2.74. The van der Waals surface area contributed by atoms with E-state index in [9.17, 15) is 4.79 Å². The fourth-order valence-electron chi connectivity index (χ4n) is 2.98. The van der Waals surface area contributed by atoms with E-state index in [1.54, 1.807) is 10.9 Å². The summed E-state index contributed by atoms with van der Waals surface area (Å²) in [5.74, 6) is 0.623. The third-order valence-corrected chi connectivity index (χ3v) is 4.68. The third-order valence-electron chi connectivity index (χ3n) is 4.19. The van der Waals surface area contributed by atoms with Gasteiger partial charge in [0.15, 0.2) is 5.65 Å². The van der Waals surface area contributed by atoms with Gasteiger partial charge < -0.3 is 4.90 Å². The second kappa shape index (κ2) is 5.49. The van der Waals surface area contributed by atoms with Crippen molar-refractivity contribution in [1.82, 2.24) is 19.7 Å².